The van der Waals surface area contributed by atoms with Crippen molar-refractivity contribution in [1.29, 1.82) is 0 Å². The summed E-state index contributed by atoms with van der Waals surface area (Å²) in [5.74, 6) is 0. The van der Waals surface area contributed by atoms with E-state index in [9.17, 15) is 5.11 Å². The second-order valence-electron chi connectivity index (χ2n) is 4.62. The topological polar surface area (TPSA) is 47.9 Å². The van der Waals surface area contributed by atoms with Crippen LogP contribution in [-0.2, 0) is 14.2 Å². The summed E-state index contributed by atoms with van der Waals surface area (Å²) in [5.41, 5.74) is -1.24. The predicted octanol–water partition coefficient (Wildman–Crippen LogP) is 1.56. The van der Waals surface area contributed by atoms with Gasteiger partial charge in [0, 0.05) is 21.3 Å². The number of methoxy groups -OCH3 is 3. The minimum Gasteiger partial charge on any atom is -0.385 e. The van der Waals surface area contributed by atoms with Crippen LogP contribution in [0, 0.1) is 0 Å². The van der Waals surface area contributed by atoms with Gasteiger partial charge in [-0.1, -0.05) is 0 Å². The molecule has 0 saturated carbocycles. The molecule has 1 atom stereocenters. The van der Waals surface area contributed by atoms with Crippen LogP contribution in [0.5, 0.6) is 0 Å². The van der Waals surface area contributed by atoms with E-state index < -0.39 is 11.9 Å². The molecule has 0 bridgehead atoms. The first kappa shape index (κ1) is 14.8. The molecule has 0 spiro atoms. The third-order valence-electron chi connectivity index (χ3n) is 2.72. The Morgan fingerprint density at radius 2 is 1.47 bits per heavy atom. The maximum atomic E-state index is 10.1. The molecule has 0 fully saturated rings. The highest BCUT2D eigenvalue weighted by Gasteiger charge is 2.34. The average molecular weight is 220 g/mol. The molecule has 0 aromatic carbocycles. The Bertz CT molecular complexity index is 173. The van der Waals surface area contributed by atoms with Gasteiger partial charge in [0.15, 0.2) is 6.29 Å². The highest BCUT2D eigenvalue weighted by molar-refractivity contribution is 4.81. The maximum absolute atomic E-state index is 10.1. The van der Waals surface area contributed by atoms with E-state index in [0.29, 0.717) is 6.42 Å². The van der Waals surface area contributed by atoms with Crippen molar-refractivity contribution < 1.29 is 19.3 Å². The Morgan fingerprint density at radius 3 is 1.80 bits per heavy atom. The number of aliphatic hydroxyl groups is 1. The van der Waals surface area contributed by atoms with Crippen molar-refractivity contribution in [2.45, 2.75) is 51.1 Å². The molecule has 15 heavy (non-hydrogen) atoms. The quantitative estimate of drug-likeness (QED) is 0.661. The van der Waals surface area contributed by atoms with Gasteiger partial charge in [-0.3, -0.25) is 0 Å². The van der Waals surface area contributed by atoms with Crippen molar-refractivity contribution in [3.8, 4) is 0 Å². The van der Waals surface area contributed by atoms with E-state index in [-0.39, 0.29) is 5.60 Å². The van der Waals surface area contributed by atoms with Crippen molar-refractivity contribution in [3.05, 3.63) is 0 Å². The predicted molar refractivity (Wildman–Crippen MR) is 58.8 cm³/mol. The first-order chi connectivity index (χ1) is 6.79. The zero-order chi connectivity index (χ0) is 12.1. The van der Waals surface area contributed by atoms with Crippen LogP contribution in [0.25, 0.3) is 0 Å². The van der Waals surface area contributed by atoms with Crippen LogP contribution in [0.2, 0.25) is 0 Å². The molecule has 0 aliphatic rings. The molecule has 0 aliphatic carbocycles. The third-order valence-corrected chi connectivity index (χ3v) is 2.72. The zero-order valence-corrected chi connectivity index (χ0v) is 10.7. The Labute approximate surface area is 92.5 Å². The van der Waals surface area contributed by atoms with Crippen LogP contribution in [0.15, 0.2) is 0 Å². The summed E-state index contributed by atoms with van der Waals surface area (Å²) in [5, 5.41) is 10.1. The average Bonchev–Trinajstić information content (AvgIpc) is 2.17. The Balaban J connectivity index is 4.25. The molecular formula is C11H24O4. The van der Waals surface area contributed by atoms with Gasteiger partial charge in [-0.25, -0.2) is 0 Å². The summed E-state index contributed by atoms with van der Waals surface area (Å²) in [6, 6.07) is 0. The second kappa shape index (κ2) is 5.80. The van der Waals surface area contributed by atoms with Gasteiger partial charge in [0.05, 0.1) is 5.60 Å². The van der Waals surface area contributed by atoms with Crippen LogP contribution in [0.1, 0.15) is 33.6 Å². The van der Waals surface area contributed by atoms with E-state index in [0.717, 1.165) is 6.42 Å². The van der Waals surface area contributed by atoms with Crippen molar-refractivity contribution in [2.75, 3.05) is 21.3 Å². The van der Waals surface area contributed by atoms with Gasteiger partial charge in [-0.05, 0) is 33.6 Å². The highest BCUT2D eigenvalue weighted by atomic mass is 16.7. The van der Waals surface area contributed by atoms with Crippen molar-refractivity contribution >= 4 is 0 Å². The lowest BCUT2D eigenvalue weighted by molar-refractivity contribution is -0.213. The maximum Gasteiger partial charge on any atom is 0.185 e. The second-order valence-corrected chi connectivity index (χ2v) is 4.62. The van der Waals surface area contributed by atoms with E-state index in [1.807, 2.05) is 13.8 Å². The molecule has 4 nitrogen and oxygen atoms in total. The van der Waals surface area contributed by atoms with E-state index in [1.54, 1.807) is 14.0 Å². The van der Waals surface area contributed by atoms with Crippen LogP contribution in [-0.4, -0.2) is 43.9 Å². The van der Waals surface area contributed by atoms with Crippen molar-refractivity contribution in [2.24, 2.45) is 0 Å². The minimum atomic E-state index is -1.00. The van der Waals surface area contributed by atoms with Gasteiger partial charge in [0.1, 0.15) is 5.60 Å². The number of hydrogen-bond acceptors (Lipinski definition) is 4. The normalized spacial score (nSPS) is 16.8. The fourth-order valence-corrected chi connectivity index (χ4v) is 1.38. The zero-order valence-electron chi connectivity index (χ0n) is 10.7. The summed E-state index contributed by atoms with van der Waals surface area (Å²) in [6.07, 6.45) is 0.685. The third kappa shape index (κ3) is 4.93. The van der Waals surface area contributed by atoms with Gasteiger partial charge in [0.25, 0.3) is 0 Å². The molecule has 0 amide bonds. The molecule has 0 rings (SSSR count). The van der Waals surface area contributed by atoms with Crippen molar-refractivity contribution in [3.63, 3.8) is 0 Å². The van der Waals surface area contributed by atoms with Crippen LogP contribution < -0.4 is 0 Å². The molecule has 0 heterocycles. The Kier molecular flexibility index (Phi) is 5.73. The molecule has 4 heteroatoms. The largest absolute Gasteiger partial charge is 0.385 e. The molecule has 0 aliphatic heterocycles. The summed E-state index contributed by atoms with van der Waals surface area (Å²) in [6.45, 7) is 5.67. The van der Waals surface area contributed by atoms with Gasteiger partial charge in [-0.2, -0.15) is 0 Å². The summed E-state index contributed by atoms with van der Waals surface area (Å²) in [4.78, 5) is 0. The molecule has 1 unspecified atom stereocenters. The summed E-state index contributed by atoms with van der Waals surface area (Å²) in [7, 11) is 4.70. The fourth-order valence-electron chi connectivity index (χ4n) is 1.38. The lowest BCUT2D eigenvalue weighted by atomic mass is 9.92. The molecule has 0 aromatic heterocycles. The number of hydrogen-bond donors (Lipinski definition) is 1. The van der Waals surface area contributed by atoms with Gasteiger partial charge < -0.3 is 19.3 Å². The minimum absolute atomic E-state index is 0.240. The molecule has 0 radical (unpaired) electrons. The van der Waals surface area contributed by atoms with Gasteiger partial charge >= 0.3 is 0 Å². The SMILES string of the molecule is COC(OC)C(C)(O)CCC(C)(C)OC. The molecule has 92 valence electrons. The van der Waals surface area contributed by atoms with Crippen LogP contribution in [0.4, 0.5) is 0 Å². The molecular weight excluding hydrogens is 196 g/mol. The monoisotopic (exact) mass is 220 g/mol. The fraction of sp³-hybridized carbons (Fsp3) is 1.00. The van der Waals surface area contributed by atoms with Crippen LogP contribution in [0.3, 0.4) is 0 Å². The standard InChI is InChI=1S/C11H24O4/c1-10(2,15-6)7-8-11(3,12)9(13-4)14-5/h9,12H,7-8H2,1-6H3. The first-order valence-corrected chi connectivity index (χ1v) is 5.12. The number of ether oxygens (including phenoxy) is 3. The molecule has 1 N–H and O–H groups in total. The first-order valence-electron chi connectivity index (χ1n) is 5.12. The smallest absolute Gasteiger partial charge is 0.185 e. The van der Waals surface area contributed by atoms with Crippen LogP contribution >= 0.6 is 0 Å². The van der Waals surface area contributed by atoms with E-state index in [2.05, 4.69) is 0 Å². The Hall–Kier alpha value is -0.160. The lowest BCUT2D eigenvalue weighted by Gasteiger charge is -2.33. The van der Waals surface area contributed by atoms with E-state index >= 15 is 0 Å². The molecule has 0 aromatic rings. The highest BCUT2D eigenvalue weighted by Crippen LogP contribution is 2.25. The molecule has 0 saturated heterocycles. The van der Waals surface area contributed by atoms with E-state index in [1.165, 1.54) is 14.2 Å². The Morgan fingerprint density at radius 1 is 1.00 bits per heavy atom. The van der Waals surface area contributed by atoms with E-state index in [4.69, 9.17) is 14.2 Å². The summed E-state index contributed by atoms with van der Waals surface area (Å²) < 4.78 is 15.4. The lowest BCUT2D eigenvalue weighted by Crippen LogP contribution is -2.43. The van der Waals surface area contributed by atoms with Gasteiger partial charge in [-0.15, -0.1) is 0 Å². The van der Waals surface area contributed by atoms with Gasteiger partial charge in [0.2, 0.25) is 0 Å². The number of rotatable bonds is 7. The summed E-state index contributed by atoms with van der Waals surface area (Å²) >= 11 is 0. The van der Waals surface area contributed by atoms with Crippen molar-refractivity contribution in [1.82, 2.24) is 0 Å².